The highest BCUT2D eigenvalue weighted by Crippen LogP contribution is 2.23. The van der Waals surface area contributed by atoms with E-state index in [4.69, 9.17) is 0 Å². The smallest absolute Gasteiger partial charge is 0.211 e. The van der Waals surface area contributed by atoms with E-state index < -0.39 is 10.0 Å². The number of aryl methyl sites for hydroxylation is 1. The number of H-pyrrole nitrogens is 1. The summed E-state index contributed by atoms with van der Waals surface area (Å²) in [5, 5.41) is 7.12. The molecule has 0 unspecified atom stereocenters. The number of sulfonamides is 1. The Morgan fingerprint density at radius 1 is 1.30 bits per heavy atom. The van der Waals surface area contributed by atoms with Crippen molar-refractivity contribution in [1.29, 1.82) is 0 Å². The Morgan fingerprint density at radius 3 is 2.83 bits per heavy atom. The van der Waals surface area contributed by atoms with Gasteiger partial charge in [-0.25, -0.2) is 22.7 Å². The standard InChI is InChI=1S/C15H21N5O2S/c1-11-6-15(19-18-11)14-8-13(16-10-17-14)7-12-4-3-5-20(9-12)23(2,21)22/h6,8,10,12H,3-5,7,9H2,1-2H3,(H,18,19)/t12-/m1/s1. The molecule has 0 saturated carbocycles. The van der Waals surface area contributed by atoms with Crippen LogP contribution in [0.15, 0.2) is 18.5 Å². The molecular weight excluding hydrogens is 314 g/mol. The van der Waals surface area contributed by atoms with E-state index in [1.807, 2.05) is 19.1 Å². The number of aromatic nitrogens is 4. The number of hydrogen-bond acceptors (Lipinski definition) is 5. The van der Waals surface area contributed by atoms with E-state index in [2.05, 4.69) is 20.2 Å². The summed E-state index contributed by atoms with van der Waals surface area (Å²) < 4.78 is 25.0. The van der Waals surface area contributed by atoms with Gasteiger partial charge in [-0.05, 0) is 44.2 Å². The fraction of sp³-hybridized carbons (Fsp3) is 0.533. The molecule has 0 spiro atoms. The van der Waals surface area contributed by atoms with Gasteiger partial charge in [0.25, 0.3) is 0 Å². The highest BCUT2D eigenvalue weighted by Gasteiger charge is 2.26. The molecule has 1 saturated heterocycles. The van der Waals surface area contributed by atoms with Crippen molar-refractivity contribution < 1.29 is 8.42 Å². The molecule has 0 amide bonds. The molecule has 23 heavy (non-hydrogen) atoms. The second kappa shape index (κ2) is 6.37. The summed E-state index contributed by atoms with van der Waals surface area (Å²) in [5.74, 6) is 0.294. The van der Waals surface area contributed by atoms with Crippen molar-refractivity contribution in [3.05, 3.63) is 29.8 Å². The summed E-state index contributed by atoms with van der Waals surface area (Å²) in [6.07, 6.45) is 5.50. The molecule has 1 atom stereocenters. The number of aromatic amines is 1. The minimum atomic E-state index is -3.11. The van der Waals surface area contributed by atoms with Gasteiger partial charge < -0.3 is 0 Å². The molecule has 1 aliphatic heterocycles. The van der Waals surface area contributed by atoms with Crippen LogP contribution in [0.4, 0.5) is 0 Å². The molecule has 2 aromatic rings. The van der Waals surface area contributed by atoms with Crippen LogP contribution < -0.4 is 0 Å². The van der Waals surface area contributed by atoms with Crippen LogP contribution >= 0.6 is 0 Å². The average Bonchev–Trinajstić information content (AvgIpc) is 2.94. The Hall–Kier alpha value is -1.80. The summed E-state index contributed by atoms with van der Waals surface area (Å²) in [5.41, 5.74) is 3.50. The second-order valence-electron chi connectivity index (χ2n) is 6.16. The number of piperidine rings is 1. The maximum atomic E-state index is 11.7. The first kappa shape index (κ1) is 16.1. The number of hydrogen-bond donors (Lipinski definition) is 1. The van der Waals surface area contributed by atoms with Crippen LogP contribution in [0.2, 0.25) is 0 Å². The monoisotopic (exact) mass is 335 g/mol. The van der Waals surface area contributed by atoms with Crippen LogP contribution in [0.1, 0.15) is 24.2 Å². The second-order valence-corrected chi connectivity index (χ2v) is 8.15. The van der Waals surface area contributed by atoms with Gasteiger partial charge >= 0.3 is 0 Å². The van der Waals surface area contributed by atoms with Crippen molar-refractivity contribution in [1.82, 2.24) is 24.5 Å². The molecule has 1 N–H and O–H groups in total. The third kappa shape index (κ3) is 3.94. The highest BCUT2D eigenvalue weighted by molar-refractivity contribution is 7.88. The summed E-state index contributed by atoms with van der Waals surface area (Å²) >= 11 is 0. The van der Waals surface area contributed by atoms with Crippen molar-refractivity contribution in [3.63, 3.8) is 0 Å². The number of nitrogens with one attached hydrogen (secondary N) is 1. The van der Waals surface area contributed by atoms with E-state index in [0.717, 1.165) is 42.0 Å². The SMILES string of the molecule is Cc1cc(-c2cc(C[C@H]3CCCN(S(C)(=O)=O)C3)ncn2)n[nH]1. The molecule has 0 radical (unpaired) electrons. The first-order valence-electron chi connectivity index (χ1n) is 7.70. The molecule has 0 bridgehead atoms. The zero-order valence-corrected chi connectivity index (χ0v) is 14.2. The molecule has 0 aromatic carbocycles. The Labute approximate surface area is 136 Å². The number of rotatable bonds is 4. The minimum absolute atomic E-state index is 0.294. The molecule has 8 heteroatoms. The van der Waals surface area contributed by atoms with E-state index in [-0.39, 0.29) is 0 Å². The fourth-order valence-corrected chi connectivity index (χ4v) is 3.93. The lowest BCUT2D eigenvalue weighted by Gasteiger charge is -2.30. The van der Waals surface area contributed by atoms with Crippen molar-refractivity contribution in [3.8, 4) is 11.4 Å². The molecule has 2 aromatic heterocycles. The van der Waals surface area contributed by atoms with E-state index in [9.17, 15) is 8.42 Å². The van der Waals surface area contributed by atoms with Crippen molar-refractivity contribution >= 4 is 10.0 Å². The first-order valence-corrected chi connectivity index (χ1v) is 9.55. The van der Waals surface area contributed by atoms with E-state index in [1.54, 1.807) is 10.6 Å². The summed E-state index contributed by atoms with van der Waals surface area (Å²) in [7, 11) is -3.11. The first-order chi connectivity index (χ1) is 10.9. The normalized spacial score (nSPS) is 19.8. The third-order valence-electron chi connectivity index (χ3n) is 4.14. The maximum absolute atomic E-state index is 11.7. The summed E-state index contributed by atoms with van der Waals surface area (Å²) in [4.78, 5) is 8.61. The predicted octanol–water partition coefficient (Wildman–Crippen LogP) is 1.39. The molecule has 1 fully saturated rings. The van der Waals surface area contributed by atoms with Crippen LogP contribution in [0.3, 0.4) is 0 Å². The quantitative estimate of drug-likeness (QED) is 0.911. The molecule has 124 valence electrons. The molecule has 3 rings (SSSR count). The van der Waals surface area contributed by atoms with Gasteiger partial charge in [-0.2, -0.15) is 5.10 Å². The molecule has 1 aliphatic rings. The topological polar surface area (TPSA) is 91.8 Å². The minimum Gasteiger partial charge on any atom is -0.282 e. The zero-order valence-electron chi connectivity index (χ0n) is 13.4. The van der Waals surface area contributed by atoms with Crippen LogP contribution in [0.25, 0.3) is 11.4 Å². The number of nitrogens with zero attached hydrogens (tertiary/aromatic N) is 4. The lowest BCUT2D eigenvalue weighted by Crippen LogP contribution is -2.39. The van der Waals surface area contributed by atoms with Crippen LogP contribution in [-0.4, -0.2) is 52.2 Å². The Balaban J connectivity index is 1.73. The van der Waals surface area contributed by atoms with E-state index >= 15 is 0 Å². The van der Waals surface area contributed by atoms with Gasteiger partial charge in [0.05, 0.1) is 11.9 Å². The van der Waals surface area contributed by atoms with Gasteiger partial charge in [0, 0.05) is 24.5 Å². The fourth-order valence-electron chi connectivity index (χ4n) is 2.99. The lowest BCUT2D eigenvalue weighted by molar-refractivity contribution is 0.265. The van der Waals surface area contributed by atoms with Crippen LogP contribution in [-0.2, 0) is 16.4 Å². The summed E-state index contributed by atoms with van der Waals surface area (Å²) in [6.45, 7) is 3.14. The van der Waals surface area contributed by atoms with E-state index in [0.29, 0.717) is 19.0 Å². The van der Waals surface area contributed by atoms with Gasteiger partial charge in [-0.3, -0.25) is 5.10 Å². The van der Waals surface area contributed by atoms with E-state index in [1.165, 1.54) is 6.26 Å². The lowest BCUT2D eigenvalue weighted by atomic mass is 9.94. The highest BCUT2D eigenvalue weighted by atomic mass is 32.2. The van der Waals surface area contributed by atoms with Crippen molar-refractivity contribution in [2.24, 2.45) is 5.92 Å². The van der Waals surface area contributed by atoms with Crippen LogP contribution in [0, 0.1) is 12.8 Å². The van der Waals surface area contributed by atoms with Gasteiger partial charge in [0.1, 0.15) is 12.0 Å². The van der Waals surface area contributed by atoms with Gasteiger partial charge in [-0.15, -0.1) is 0 Å². The van der Waals surface area contributed by atoms with Gasteiger partial charge in [0.2, 0.25) is 10.0 Å². The largest absolute Gasteiger partial charge is 0.282 e. The van der Waals surface area contributed by atoms with Crippen molar-refractivity contribution in [2.45, 2.75) is 26.2 Å². The Kier molecular flexibility index (Phi) is 4.45. The zero-order chi connectivity index (χ0) is 16.4. The molecule has 0 aliphatic carbocycles. The summed E-state index contributed by atoms with van der Waals surface area (Å²) in [6, 6.07) is 3.88. The average molecular weight is 335 g/mol. The van der Waals surface area contributed by atoms with Gasteiger partial charge in [0.15, 0.2) is 0 Å². The predicted molar refractivity (Wildman–Crippen MR) is 87.2 cm³/mol. The molecule has 3 heterocycles. The Bertz CT molecular complexity index is 787. The van der Waals surface area contributed by atoms with Gasteiger partial charge in [-0.1, -0.05) is 0 Å². The van der Waals surface area contributed by atoms with Crippen molar-refractivity contribution in [2.75, 3.05) is 19.3 Å². The third-order valence-corrected chi connectivity index (χ3v) is 5.41. The molecule has 7 nitrogen and oxygen atoms in total. The molecular formula is C15H21N5O2S. The Morgan fingerprint density at radius 2 is 2.13 bits per heavy atom. The van der Waals surface area contributed by atoms with Crippen LogP contribution in [0.5, 0.6) is 0 Å². The maximum Gasteiger partial charge on any atom is 0.211 e.